The first-order chi connectivity index (χ1) is 7.36. The summed E-state index contributed by atoms with van der Waals surface area (Å²) in [5, 5.41) is 2.73. The van der Waals surface area contributed by atoms with Gasteiger partial charge in [-0.3, -0.25) is 9.78 Å². The summed E-state index contributed by atoms with van der Waals surface area (Å²) in [5.41, 5.74) is 1.27. The monoisotopic (exact) mass is 202 g/mol. The van der Waals surface area contributed by atoms with Crippen LogP contribution in [0.5, 0.6) is 0 Å². The van der Waals surface area contributed by atoms with E-state index in [-0.39, 0.29) is 5.91 Å². The van der Waals surface area contributed by atoms with Gasteiger partial charge in [0.25, 0.3) is 5.91 Å². The van der Waals surface area contributed by atoms with E-state index in [0.29, 0.717) is 12.2 Å². The zero-order valence-electron chi connectivity index (χ0n) is 7.97. The van der Waals surface area contributed by atoms with E-state index < -0.39 is 0 Å². The molecule has 0 aliphatic carbocycles. The molecule has 0 aliphatic rings. The molecule has 1 amide bonds. The van der Waals surface area contributed by atoms with Crippen molar-refractivity contribution in [1.29, 1.82) is 0 Å². The van der Waals surface area contributed by atoms with Crippen molar-refractivity contribution >= 4 is 5.91 Å². The molecule has 0 saturated carbocycles. The number of pyridine rings is 1. The van der Waals surface area contributed by atoms with E-state index in [9.17, 15) is 4.79 Å². The number of imidazole rings is 1. The van der Waals surface area contributed by atoms with E-state index in [2.05, 4.69) is 20.3 Å². The Labute approximate surface area is 86.6 Å². The molecule has 5 heteroatoms. The molecule has 2 N–H and O–H groups in total. The molecule has 0 saturated heterocycles. The molecular weight excluding hydrogens is 192 g/mol. The lowest BCUT2D eigenvalue weighted by Gasteiger charge is -2.01. The minimum absolute atomic E-state index is 0.182. The molecule has 2 heterocycles. The van der Waals surface area contributed by atoms with E-state index in [4.69, 9.17) is 0 Å². The zero-order chi connectivity index (χ0) is 10.5. The zero-order valence-corrected chi connectivity index (χ0v) is 7.97. The van der Waals surface area contributed by atoms with E-state index >= 15 is 0 Å². The maximum absolute atomic E-state index is 11.5. The molecule has 5 nitrogen and oxygen atoms in total. The Morgan fingerprint density at radius 1 is 1.47 bits per heavy atom. The van der Waals surface area contributed by atoms with Gasteiger partial charge in [0.1, 0.15) is 5.69 Å². The summed E-state index contributed by atoms with van der Waals surface area (Å²) in [6.45, 7) is 0.415. The lowest BCUT2D eigenvalue weighted by atomic mass is 10.3. The Kier molecular flexibility index (Phi) is 2.73. The van der Waals surface area contributed by atoms with Crippen molar-refractivity contribution in [3.8, 4) is 0 Å². The van der Waals surface area contributed by atoms with Crippen LogP contribution in [0.4, 0.5) is 0 Å². The molecule has 0 unspecified atom stereocenters. The Balaban J connectivity index is 1.92. The first-order valence-electron chi connectivity index (χ1n) is 4.53. The number of hydrogen-bond acceptors (Lipinski definition) is 3. The summed E-state index contributed by atoms with van der Waals surface area (Å²) < 4.78 is 0. The van der Waals surface area contributed by atoms with E-state index in [0.717, 1.165) is 5.69 Å². The first-order valence-corrected chi connectivity index (χ1v) is 4.53. The molecule has 15 heavy (non-hydrogen) atoms. The van der Waals surface area contributed by atoms with Crippen LogP contribution in [0.15, 0.2) is 36.9 Å². The summed E-state index contributed by atoms with van der Waals surface area (Å²) in [7, 11) is 0. The van der Waals surface area contributed by atoms with Crippen molar-refractivity contribution in [2.75, 3.05) is 0 Å². The molecule has 0 fully saturated rings. The highest BCUT2D eigenvalue weighted by Crippen LogP contribution is 1.94. The Bertz CT molecular complexity index is 424. The number of aromatic amines is 1. The van der Waals surface area contributed by atoms with Gasteiger partial charge in [0, 0.05) is 6.20 Å². The molecule has 0 aliphatic heterocycles. The molecular formula is C10H10N4O. The summed E-state index contributed by atoms with van der Waals surface area (Å²) in [6.07, 6.45) is 4.64. The van der Waals surface area contributed by atoms with Crippen LogP contribution in [0.25, 0.3) is 0 Å². The quantitative estimate of drug-likeness (QED) is 0.771. The molecule has 2 aromatic heterocycles. The van der Waals surface area contributed by atoms with Crippen molar-refractivity contribution in [2.45, 2.75) is 6.54 Å². The topological polar surface area (TPSA) is 70.7 Å². The van der Waals surface area contributed by atoms with Crippen LogP contribution in [0.1, 0.15) is 16.2 Å². The molecule has 0 atom stereocenters. The number of amides is 1. The van der Waals surface area contributed by atoms with Crippen molar-refractivity contribution in [2.24, 2.45) is 0 Å². The predicted molar refractivity (Wildman–Crippen MR) is 54.0 cm³/mol. The largest absolute Gasteiger partial charge is 0.345 e. The molecule has 2 rings (SSSR count). The van der Waals surface area contributed by atoms with Crippen LogP contribution >= 0.6 is 0 Å². The lowest BCUT2D eigenvalue weighted by molar-refractivity contribution is 0.0946. The fraction of sp³-hybridized carbons (Fsp3) is 0.100. The number of hydrogen-bond donors (Lipinski definition) is 2. The van der Waals surface area contributed by atoms with Gasteiger partial charge in [-0.15, -0.1) is 0 Å². The standard InChI is InChI=1S/C10H10N4O/c15-10(9-6-11-7-14-9)13-5-8-3-1-2-4-12-8/h1-4,6-7H,5H2,(H,11,14)(H,13,15). The first kappa shape index (κ1) is 9.39. The predicted octanol–water partition coefficient (Wildman–Crippen LogP) is 0.735. The summed E-state index contributed by atoms with van der Waals surface area (Å²) in [5.74, 6) is -0.182. The normalized spacial score (nSPS) is 9.87. The molecule has 0 spiro atoms. The lowest BCUT2D eigenvalue weighted by Crippen LogP contribution is -2.23. The van der Waals surface area contributed by atoms with Crippen LogP contribution in [0.2, 0.25) is 0 Å². The van der Waals surface area contributed by atoms with E-state index in [1.54, 1.807) is 6.20 Å². The van der Waals surface area contributed by atoms with Crippen LogP contribution in [-0.4, -0.2) is 20.9 Å². The van der Waals surface area contributed by atoms with Gasteiger partial charge in [0.2, 0.25) is 0 Å². The van der Waals surface area contributed by atoms with Gasteiger partial charge in [-0.25, -0.2) is 4.98 Å². The second kappa shape index (κ2) is 4.36. The van der Waals surface area contributed by atoms with Gasteiger partial charge in [0.15, 0.2) is 0 Å². The number of carbonyl (C=O) groups is 1. The third kappa shape index (κ3) is 2.40. The fourth-order valence-corrected chi connectivity index (χ4v) is 1.15. The Hall–Kier alpha value is -2.17. The minimum Gasteiger partial charge on any atom is -0.345 e. The fourth-order valence-electron chi connectivity index (χ4n) is 1.15. The Morgan fingerprint density at radius 2 is 2.40 bits per heavy atom. The number of carbonyl (C=O) groups excluding carboxylic acids is 1. The second-order valence-corrected chi connectivity index (χ2v) is 2.97. The maximum atomic E-state index is 11.5. The van der Waals surface area contributed by atoms with Gasteiger partial charge in [-0.05, 0) is 12.1 Å². The summed E-state index contributed by atoms with van der Waals surface area (Å²) in [6, 6.07) is 5.57. The summed E-state index contributed by atoms with van der Waals surface area (Å²) >= 11 is 0. The average Bonchev–Trinajstić information content (AvgIpc) is 2.81. The van der Waals surface area contributed by atoms with Gasteiger partial charge in [-0.2, -0.15) is 0 Å². The van der Waals surface area contributed by atoms with E-state index in [1.165, 1.54) is 12.5 Å². The minimum atomic E-state index is -0.182. The maximum Gasteiger partial charge on any atom is 0.269 e. The molecule has 0 bridgehead atoms. The molecule has 0 aromatic carbocycles. The SMILES string of the molecule is O=C(NCc1ccccn1)c1cnc[nH]1. The molecule has 0 radical (unpaired) electrons. The van der Waals surface area contributed by atoms with Gasteiger partial charge < -0.3 is 10.3 Å². The highest BCUT2D eigenvalue weighted by atomic mass is 16.1. The van der Waals surface area contributed by atoms with Crippen LogP contribution in [0, 0.1) is 0 Å². The van der Waals surface area contributed by atoms with Crippen LogP contribution < -0.4 is 5.32 Å². The summed E-state index contributed by atoms with van der Waals surface area (Å²) in [4.78, 5) is 22.1. The van der Waals surface area contributed by atoms with E-state index in [1.807, 2.05) is 18.2 Å². The molecule has 2 aromatic rings. The van der Waals surface area contributed by atoms with Crippen molar-refractivity contribution in [3.63, 3.8) is 0 Å². The average molecular weight is 202 g/mol. The number of aromatic nitrogens is 3. The van der Waals surface area contributed by atoms with Crippen LogP contribution in [-0.2, 0) is 6.54 Å². The third-order valence-electron chi connectivity index (χ3n) is 1.90. The number of rotatable bonds is 3. The van der Waals surface area contributed by atoms with Crippen molar-refractivity contribution in [1.82, 2.24) is 20.3 Å². The van der Waals surface area contributed by atoms with Crippen LogP contribution in [0.3, 0.4) is 0 Å². The highest BCUT2D eigenvalue weighted by molar-refractivity contribution is 5.91. The highest BCUT2D eigenvalue weighted by Gasteiger charge is 2.05. The third-order valence-corrected chi connectivity index (χ3v) is 1.90. The van der Waals surface area contributed by atoms with Gasteiger partial charge in [0.05, 0.1) is 24.8 Å². The number of nitrogens with one attached hydrogen (secondary N) is 2. The number of H-pyrrole nitrogens is 1. The van der Waals surface area contributed by atoms with Gasteiger partial charge in [-0.1, -0.05) is 6.07 Å². The second-order valence-electron chi connectivity index (χ2n) is 2.97. The van der Waals surface area contributed by atoms with Crippen molar-refractivity contribution < 1.29 is 4.79 Å². The molecule has 76 valence electrons. The van der Waals surface area contributed by atoms with Crippen molar-refractivity contribution in [3.05, 3.63) is 48.3 Å². The number of nitrogens with zero attached hydrogens (tertiary/aromatic N) is 2. The Morgan fingerprint density at radius 3 is 3.07 bits per heavy atom. The smallest absolute Gasteiger partial charge is 0.269 e. The van der Waals surface area contributed by atoms with Gasteiger partial charge >= 0.3 is 0 Å².